The number of benzene rings is 2. The monoisotopic (exact) mass is 314 g/mol. The van der Waals surface area contributed by atoms with E-state index in [-0.39, 0.29) is 18.4 Å². The number of para-hydroxylation sites is 1. The Morgan fingerprint density at radius 1 is 1.22 bits per heavy atom. The Morgan fingerprint density at radius 3 is 2.74 bits per heavy atom. The summed E-state index contributed by atoms with van der Waals surface area (Å²) in [5.74, 6) is 0.727. The summed E-state index contributed by atoms with van der Waals surface area (Å²) < 4.78 is 5.68. The van der Waals surface area contributed by atoms with E-state index in [0.29, 0.717) is 5.56 Å². The fraction of sp³-hybridized carbons (Fsp3) is 0.235. The maximum absolute atomic E-state index is 10.7. The Labute approximate surface area is 134 Å². The summed E-state index contributed by atoms with van der Waals surface area (Å²) in [7, 11) is 0. The van der Waals surface area contributed by atoms with Crippen LogP contribution in [0.3, 0.4) is 0 Å². The molecule has 23 heavy (non-hydrogen) atoms. The van der Waals surface area contributed by atoms with Crippen molar-refractivity contribution in [2.24, 2.45) is 5.16 Å². The van der Waals surface area contributed by atoms with Crippen LogP contribution < -0.4 is 4.74 Å². The minimum Gasteiger partial charge on any atom is -0.490 e. The highest BCUT2D eigenvalue weighted by Gasteiger charge is 2.06. The van der Waals surface area contributed by atoms with E-state index < -0.39 is 4.92 Å². The molecule has 0 saturated carbocycles. The number of hydrogen-bond acceptors (Lipinski definition) is 5. The van der Waals surface area contributed by atoms with Gasteiger partial charge in [0.05, 0.1) is 17.2 Å². The number of non-ortho nitro benzene ring substituents is 1. The van der Waals surface area contributed by atoms with Gasteiger partial charge in [0.25, 0.3) is 5.69 Å². The normalized spacial score (nSPS) is 10.9. The van der Waals surface area contributed by atoms with Crippen molar-refractivity contribution in [1.82, 2.24) is 0 Å². The number of ether oxygens (including phenoxy) is 1. The Bertz CT molecular complexity index is 698. The van der Waals surface area contributed by atoms with Gasteiger partial charge in [-0.25, -0.2) is 0 Å². The van der Waals surface area contributed by atoms with Gasteiger partial charge in [-0.05, 0) is 31.5 Å². The second-order valence-corrected chi connectivity index (χ2v) is 5.14. The molecular formula is C17H18N2O4. The average molecular weight is 314 g/mol. The number of nitro benzene ring substituents is 1. The lowest BCUT2D eigenvalue weighted by atomic mass is 10.2. The van der Waals surface area contributed by atoms with Gasteiger partial charge in [-0.3, -0.25) is 10.1 Å². The molecule has 2 aromatic carbocycles. The summed E-state index contributed by atoms with van der Waals surface area (Å²) in [4.78, 5) is 15.5. The van der Waals surface area contributed by atoms with Gasteiger partial charge in [0.15, 0.2) is 0 Å². The molecule has 0 heterocycles. The molecule has 0 bridgehead atoms. The maximum atomic E-state index is 10.7. The van der Waals surface area contributed by atoms with Gasteiger partial charge in [-0.15, -0.1) is 0 Å². The first-order chi connectivity index (χ1) is 11.1. The lowest BCUT2D eigenvalue weighted by molar-refractivity contribution is -0.384. The second-order valence-electron chi connectivity index (χ2n) is 5.14. The fourth-order valence-electron chi connectivity index (χ4n) is 1.91. The van der Waals surface area contributed by atoms with Crippen molar-refractivity contribution in [1.29, 1.82) is 0 Å². The van der Waals surface area contributed by atoms with E-state index in [2.05, 4.69) is 5.16 Å². The van der Waals surface area contributed by atoms with Gasteiger partial charge in [0.2, 0.25) is 0 Å². The SMILES string of the molecule is CC(C)Oc1ccccc1/C=N/OCc1cccc([N+](=O)[O-])c1. The molecule has 0 unspecified atom stereocenters. The van der Waals surface area contributed by atoms with Crippen LogP contribution >= 0.6 is 0 Å². The highest BCUT2D eigenvalue weighted by molar-refractivity contribution is 5.83. The van der Waals surface area contributed by atoms with Crippen molar-refractivity contribution in [3.05, 3.63) is 69.8 Å². The third-order valence-corrected chi connectivity index (χ3v) is 2.90. The molecule has 0 spiro atoms. The molecule has 6 heteroatoms. The van der Waals surface area contributed by atoms with Crippen LogP contribution in [0.2, 0.25) is 0 Å². The van der Waals surface area contributed by atoms with E-state index >= 15 is 0 Å². The van der Waals surface area contributed by atoms with Crippen molar-refractivity contribution in [2.45, 2.75) is 26.6 Å². The fourth-order valence-corrected chi connectivity index (χ4v) is 1.91. The lowest BCUT2D eigenvalue weighted by Crippen LogP contribution is -2.07. The molecule has 0 N–H and O–H groups in total. The van der Waals surface area contributed by atoms with E-state index in [0.717, 1.165) is 11.3 Å². The van der Waals surface area contributed by atoms with Gasteiger partial charge in [-0.1, -0.05) is 29.4 Å². The van der Waals surface area contributed by atoms with Crippen LogP contribution in [-0.2, 0) is 11.4 Å². The molecule has 2 aromatic rings. The van der Waals surface area contributed by atoms with Crippen LogP contribution in [0.4, 0.5) is 5.69 Å². The van der Waals surface area contributed by atoms with Crippen molar-refractivity contribution >= 4 is 11.9 Å². The zero-order valence-electron chi connectivity index (χ0n) is 13.0. The molecule has 0 aliphatic carbocycles. The minimum absolute atomic E-state index is 0.0331. The predicted molar refractivity (Wildman–Crippen MR) is 87.7 cm³/mol. The number of hydrogen-bond donors (Lipinski definition) is 0. The van der Waals surface area contributed by atoms with E-state index in [1.807, 2.05) is 38.1 Å². The molecular weight excluding hydrogens is 296 g/mol. The molecule has 0 radical (unpaired) electrons. The van der Waals surface area contributed by atoms with E-state index in [1.54, 1.807) is 18.3 Å². The maximum Gasteiger partial charge on any atom is 0.269 e. The molecule has 120 valence electrons. The van der Waals surface area contributed by atoms with Crippen molar-refractivity contribution < 1.29 is 14.5 Å². The van der Waals surface area contributed by atoms with Gasteiger partial charge in [0.1, 0.15) is 12.4 Å². The largest absolute Gasteiger partial charge is 0.490 e. The molecule has 0 saturated heterocycles. The van der Waals surface area contributed by atoms with E-state index in [4.69, 9.17) is 9.57 Å². The van der Waals surface area contributed by atoms with Crippen LogP contribution in [0.1, 0.15) is 25.0 Å². The van der Waals surface area contributed by atoms with Crippen LogP contribution in [-0.4, -0.2) is 17.2 Å². The zero-order chi connectivity index (χ0) is 16.7. The molecule has 0 fully saturated rings. The molecule has 6 nitrogen and oxygen atoms in total. The number of nitro groups is 1. The Morgan fingerprint density at radius 2 is 2.00 bits per heavy atom. The lowest BCUT2D eigenvalue weighted by Gasteiger charge is -2.11. The topological polar surface area (TPSA) is 74.0 Å². The van der Waals surface area contributed by atoms with Crippen molar-refractivity contribution in [3.63, 3.8) is 0 Å². The first-order valence-electron chi connectivity index (χ1n) is 7.20. The highest BCUT2D eigenvalue weighted by atomic mass is 16.6. The van der Waals surface area contributed by atoms with E-state index in [9.17, 15) is 10.1 Å². The summed E-state index contributed by atoms with van der Waals surface area (Å²) in [6, 6.07) is 13.8. The second kappa shape index (κ2) is 7.93. The van der Waals surface area contributed by atoms with E-state index in [1.165, 1.54) is 12.1 Å². The van der Waals surface area contributed by atoms with Crippen LogP contribution in [0.5, 0.6) is 5.75 Å². The van der Waals surface area contributed by atoms with Crippen molar-refractivity contribution in [3.8, 4) is 5.75 Å². The molecule has 2 rings (SSSR count). The Kier molecular flexibility index (Phi) is 5.68. The highest BCUT2D eigenvalue weighted by Crippen LogP contribution is 2.18. The van der Waals surface area contributed by atoms with Crippen molar-refractivity contribution in [2.75, 3.05) is 0 Å². The number of nitrogens with zero attached hydrogens (tertiary/aromatic N) is 2. The Balaban J connectivity index is 1.97. The van der Waals surface area contributed by atoms with Gasteiger partial charge >= 0.3 is 0 Å². The minimum atomic E-state index is -0.438. The van der Waals surface area contributed by atoms with Gasteiger partial charge < -0.3 is 9.57 Å². The molecule has 0 aliphatic rings. The quantitative estimate of drug-likeness (QED) is 0.441. The van der Waals surface area contributed by atoms with Crippen LogP contribution in [0, 0.1) is 10.1 Å². The smallest absolute Gasteiger partial charge is 0.269 e. The molecule has 0 amide bonds. The third kappa shape index (κ3) is 5.10. The number of oxime groups is 1. The van der Waals surface area contributed by atoms with Gasteiger partial charge in [0, 0.05) is 17.7 Å². The summed E-state index contributed by atoms with van der Waals surface area (Å²) in [6.07, 6.45) is 1.63. The third-order valence-electron chi connectivity index (χ3n) is 2.90. The first kappa shape index (κ1) is 16.5. The summed E-state index contributed by atoms with van der Waals surface area (Å²) in [5.41, 5.74) is 1.52. The predicted octanol–water partition coefficient (Wildman–Crippen LogP) is 3.93. The summed E-state index contributed by atoms with van der Waals surface area (Å²) >= 11 is 0. The average Bonchev–Trinajstić information content (AvgIpc) is 2.53. The molecule has 0 aliphatic heterocycles. The standard InChI is InChI=1S/C17H18N2O4/c1-13(2)23-17-9-4-3-7-15(17)11-18-22-12-14-6-5-8-16(10-14)19(20)21/h3-11,13H,12H2,1-2H3/b18-11+. The van der Waals surface area contributed by atoms with Crippen LogP contribution in [0.15, 0.2) is 53.7 Å². The first-order valence-corrected chi connectivity index (χ1v) is 7.20. The molecule has 0 atom stereocenters. The number of rotatable bonds is 7. The van der Waals surface area contributed by atoms with Crippen LogP contribution in [0.25, 0.3) is 0 Å². The summed E-state index contributed by atoms with van der Waals surface area (Å²) in [6.45, 7) is 4.06. The zero-order valence-corrected chi connectivity index (χ0v) is 13.0. The molecule has 0 aromatic heterocycles. The van der Waals surface area contributed by atoms with Gasteiger partial charge in [-0.2, -0.15) is 0 Å². The Hall–Kier alpha value is -2.89. The summed E-state index contributed by atoms with van der Waals surface area (Å²) in [5, 5.41) is 14.6.